The molecule has 6 rings (SSSR count). The highest BCUT2D eigenvalue weighted by Crippen LogP contribution is 2.39. The highest BCUT2D eigenvalue weighted by Gasteiger charge is 2.24. The fourth-order valence-corrected chi connectivity index (χ4v) is 6.67. The summed E-state index contributed by atoms with van der Waals surface area (Å²) < 4.78 is 35.3. The molecule has 1 saturated heterocycles. The minimum Gasteiger partial charge on any atom is -0.465 e. The minimum absolute atomic E-state index is 0.104. The number of nitrogens with zero attached hydrogens (tertiary/aromatic N) is 4. The van der Waals surface area contributed by atoms with Crippen molar-refractivity contribution < 1.29 is 23.1 Å². The quantitative estimate of drug-likeness (QED) is 0.172. The van der Waals surface area contributed by atoms with E-state index < -0.39 is 16.1 Å². The van der Waals surface area contributed by atoms with Crippen molar-refractivity contribution in [3.63, 3.8) is 0 Å². The predicted molar refractivity (Wildman–Crippen MR) is 173 cm³/mol. The summed E-state index contributed by atoms with van der Waals surface area (Å²) in [5, 5.41) is 14.1. The Balaban J connectivity index is 1.28. The van der Waals surface area contributed by atoms with Gasteiger partial charge in [-0.25, -0.2) is 28.2 Å². The summed E-state index contributed by atoms with van der Waals surface area (Å²) in [7, 11) is -3.68. The van der Waals surface area contributed by atoms with Gasteiger partial charge in [0.1, 0.15) is 5.75 Å². The molecule has 0 aliphatic carbocycles. The molecule has 0 bridgehead atoms. The molecule has 0 unspecified atom stereocenters. The molecular formula is C33H32N6O5S. The predicted octanol–water partition coefficient (Wildman–Crippen LogP) is 6.29. The molecule has 3 heterocycles. The Morgan fingerprint density at radius 3 is 2.64 bits per heavy atom. The molecule has 2 aromatic heterocycles. The van der Waals surface area contributed by atoms with Crippen molar-refractivity contribution in [2.24, 2.45) is 0 Å². The maximum absolute atomic E-state index is 13.1. The number of hydrogen-bond acceptors (Lipinski definition) is 8. The molecule has 0 radical (unpaired) electrons. The third-order valence-corrected chi connectivity index (χ3v) is 8.84. The lowest BCUT2D eigenvalue weighted by molar-refractivity contribution is 0.132. The van der Waals surface area contributed by atoms with Crippen LogP contribution in [0.1, 0.15) is 24.0 Å². The van der Waals surface area contributed by atoms with Crippen LogP contribution in [0.25, 0.3) is 22.0 Å². The van der Waals surface area contributed by atoms with Crippen molar-refractivity contribution in [3.8, 4) is 22.9 Å². The molecule has 12 heteroatoms. The fraction of sp³-hybridized carbons (Fsp3) is 0.212. The van der Waals surface area contributed by atoms with E-state index in [2.05, 4.69) is 20.0 Å². The first-order chi connectivity index (χ1) is 21.8. The van der Waals surface area contributed by atoms with Gasteiger partial charge in [0.2, 0.25) is 21.9 Å². The summed E-state index contributed by atoms with van der Waals surface area (Å²) in [6, 6.07) is 23.5. The molecule has 1 fully saturated rings. The summed E-state index contributed by atoms with van der Waals surface area (Å²) in [6.07, 6.45) is 3.89. The van der Waals surface area contributed by atoms with Crippen molar-refractivity contribution in [1.29, 1.82) is 0 Å². The van der Waals surface area contributed by atoms with E-state index in [9.17, 15) is 18.3 Å². The van der Waals surface area contributed by atoms with E-state index in [0.717, 1.165) is 23.8 Å². The van der Waals surface area contributed by atoms with Gasteiger partial charge >= 0.3 is 6.09 Å². The number of rotatable bonds is 9. The number of likely N-dealkylation sites (tertiary alicyclic amines) is 1. The number of ether oxygens (including phenoxy) is 1. The van der Waals surface area contributed by atoms with Gasteiger partial charge < -0.3 is 20.1 Å². The number of sulfonamides is 1. The average molecular weight is 625 g/mol. The number of hydrogen-bond donors (Lipinski definition) is 3. The van der Waals surface area contributed by atoms with Crippen LogP contribution in [0.4, 0.5) is 16.4 Å². The number of carbonyl (C=O) groups is 1. The van der Waals surface area contributed by atoms with Crippen LogP contribution in [-0.2, 0) is 15.8 Å². The largest absolute Gasteiger partial charge is 0.465 e. The van der Waals surface area contributed by atoms with Gasteiger partial charge in [-0.2, -0.15) is 0 Å². The second kappa shape index (κ2) is 12.8. The van der Waals surface area contributed by atoms with Gasteiger partial charge in [-0.3, -0.25) is 4.72 Å². The van der Waals surface area contributed by atoms with Crippen LogP contribution in [0.5, 0.6) is 11.6 Å². The number of piperidine rings is 1. The number of aryl methyl sites for hydroxylation is 1. The first-order valence-electron chi connectivity index (χ1n) is 14.5. The van der Waals surface area contributed by atoms with Gasteiger partial charge in [0, 0.05) is 42.3 Å². The normalized spacial score (nSPS) is 15.0. The van der Waals surface area contributed by atoms with E-state index in [1.807, 2.05) is 49.4 Å². The van der Waals surface area contributed by atoms with Crippen molar-refractivity contribution in [2.45, 2.75) is 31.6 Å². The number of fused-ring (bicyclic) bond motifs is 1. The van der Waals surface area contributed by atoms with Gasteiger partial charge in [-0.05, 0) is 55.2 Å². The van der Waals surface area contributed by atoms with E-state index in [1.165, 1.54) is 4.90 Å². The molecule has 1 amide bonds. The van der Waals surface area contributed by atoms with Crippen molar-refractivity contribution in [2.75, 3.05) is 23.1 Å². The lowest BCUT2D eigenvalue weighted by atomic mass is 10.0. The van der Waals surface area contributed by atoms with Crippen molar-refractivity contribution in [1.82, 2.24) is 19.9 Å². The summed E-state index contributed by atoms with van der Waals surface area (Å²) >= 11 is 0. The summed E-state index contributed by atoms with van der Waals surface area (Å²) in [5.74, 6) is 1.10. The Morgan fingerprint density at radius 2 is 1.82 bits per heavy atom. The molecule has 1 aliphatic heterocycles. The molecule has 1 atom stereocenters. The Morgan fingerprint density at radius 1 is 0.978 bits per heavy atom. The lowest BCUT2D eigenvalue weighted by Crippen LogP contribution is -2.44. The van der Waals surface area contributed by atoms with Crippen LogP contribution >= 0.6 is 0 Å². The number of nitrogens with one attached hydrogen (secondary N) is 2. The van der Waals surface area contributed by atoms with Crippen LogP contribution in [0.2, 0.25) is 0 Å². The zero-order valence-electron chi connectivity index (χ0n) is 24.6. The Labute approximate surface area is 261 Å². The topological polar surface area (TPSA) is 147 Å². The molecule has 0 spiro atoms. The Hall–Kier alpha value is -5.23. The van der Waals surface area contributed by atoms with E-state index >= 15 is 0 Å². The fourth-order valence-electron chi connectivity index (χ4n) is 5.45. The summed E-state index contributed by atoms with van der Waals surface area (Å²) in [5.41, 5.74) is 3.19. The average Bonchev–Trinajstić information content (AvgIpc) is 3.03. The van der Waals surface area contributed by atoms with Gasteiger partial charge in [0.25, 0.3) is 0 Å². The highest BCUT2D eigenvalue weighted by atomic mass is 32.2. The van der Waals surface area contributed by atoms with E-state index in [1.54, 1.807) is 48.8 Å². The Kier molecular flexibility index (Phi) is 8.47. The first-order valence-corrected chi connectivity index (χ1v) is 16.2. The summed E-state index contributed by atoms with van der Waals surface area (Å²) in [4.78, 5) is 26.4. The zero-order chi connectivity index (χ0) is 31.4. The zero-order valence-corrected chi connectivity index (χ0v) is 25.4. The molecule has 1 aliphatic rings. The minimum atomic E-state index is -3.68. The van der Waals surface area contributed by atoms with Gasteiger partial charge in [-0.15, -0.1) is 0 Å². The monoisotopic (exact) mass is 624 g/mol. The summed E-state index contributed by atoms with van der Waals surface area (Å²) in [6.45, 7) is 2.79. The molecular weight excluding hydrogens is 592 g/mol. The number of benzene rings is 3. The molecule has 0 saturated carbocycles. The standard InChI is InChI=1S/C33H32N6O5S/c1-22-14-15-25-26(11-5-13-29(25)38-45(42,43)21-23-8-3-2-4-9-23)30(22)44-31-27(12-6-17-34-31)28-16-18-35-32(37-28)36-24-10-7-19-39(20-24)33(40)41/h2-6,8-9,11-18,24,38H,7,10,19-21H2,1H3,(H,40,41)(H,35,36,37)/t24-/m0/s1. The van der Waals surface area contributed by atoms with E-state index in [0.29, 0.717) is 58.6 Å². The molecule has 11 nitrogen and oxygen atoms in total. The molecule has 5 aromatic rings. The van der Waals surface area contributed by atoms with Crippen LogP contribution in [0, 0.1) is 6.92 Å². The number of aromatic nitrogens is 3. The van der Waals surface area contributed by atoms with E-state index in [4.69, 9.17) is 9.72 Å². The molecule has 45 heavy (non-hydrogen) atoms. The molecule has 3 N–H and O–H groups in total. The van der Waals surface area contributed by atoms with Crippen LogP contribution < -0.4 is 14.8 Å². The third-order valence-electron chi connectivity index (χ3n) is 7.60. The first kappa shape index (κ1) is 29.8. The highest BCUT2D eigenvalue weighted by molar-refractivity contribution is 7.91. The number of anilines is 2. The van der Waals surface area contributed by atoms with Crippen molar-refractivity contribution >= 4 is 38.5 Å². The van der Waals surface area contributed by atoms with Crippen LogP contribution in [0.15, 0.2) is 91.3 Å². The maximum atomic E-state index is 13.1. The number of carboxylic acid groups (broad SMARTS) is 1. The Bertz CT molecular complexity index is 1950. The second-order valence-corrected chi connectivity index (χ2v) is 12.6. The molecule has 230 valence electrons. The molecule has 3 aromatic carbocycles. The maximum Gasteiger partial charge on any atom is 0.407 e. The lowest BCUT2D eigenvalue weighted by Gasteiger charge is -2.31. The van der Waals surface area contributed by atoms with E-state index in [-0.39, 0.29) is 11.8 Å². The SMILES string of the molecule is Cc1ccc2c(NS(=O)(=O)Cc3ccccc3)cccc2c1Oc1ncccc1-c1ccnc(N[C@H]2CCCN(C(=O)O)C2)n1. The van der Waals surface area contributed by atoms with Gasteiger partial charge in [0.05, 0.1) is 22.7 Å². The number of pyridine rings is 1. The van der Waals surface area contributed by atoms with Gasteiger partial charge in [0.15, 0.2) is 0 Å². The van der Waals surface area contributed by atoms with Crippen LogP contribution in [-0.4, -0.2) is 58.6 Å². The smallest absolute Gasteiger partial charge is 0.407 e. The van der Waals surface area contributed by atoms with Crippen LogP contribution in [0.3, 0.4) is 0 Å². The second-order valence-electron chi connectivity index (χ2n) is 10.9. The van der Waals surface area contributed by atoms with Crippen molar-refractivity contribution in [3.05, 3.63) is 102 Å². The van der Waals surface area contributed by atoms with Gasteiger partial charge in [-0.1, -0.05) is 54.6 Å². The third kappa shape index (κ3) is 6.96. The number of amides is 1.